The molecule has 11 nitrogen and oxygen atoms in total. The maximum absolute atomic E-state index is 13.9. The number of Topliss-reactive ketones (excluding diaryl/α,β-unsaturated/α-hetero) is 1. The standard InChI is InChI=1S/C29H34O11/c1-13(8-15-9-14(2)22(32)36-15)21(31)25(5)6-7-27-20(26(34,12-25)23(33)40-27)16-10-17-24(3,4)38-18-11-19(30)39-28(17,18)29(27,35)37-16/h8-9,13,16-18,20,34-35H,6-7,10-12H2,1-5H3/t13-,16-,17-,18+,20-,25-,26+,27+,28+,29-/m0/s1. The summed E-state index contributed by atoms with van der Waals surface area (Å²) in [5, 5.41) is 24.7. The molecule has 4 bridgehead atoms. The summed E-state index contributed by atoms with van der Waals surface area (Å²) in [6.45, 7) is 8.74. The van der Waals surface area contributed by atoms with E-state index in [0.717, 1.165) is 0 Å². The van der Waals surface area contributed by atoms with E-state index in [1.165, 1.54) is 0 Å². The molecule has 1 spiro atoms. The van der Waals surface area contributed by atoms with Crippen LogP contribution in [-0.4, -0.2) is 74.3 Å². The molecule has 10 atom stereocenters. The summed E-state index contributed by atoms with van der Waals surface area (Å²) >= 11 is 0. The van der Waals surface area contributed by atoms with Gasteiger partial charge in [0.1, 0.15) is 17.6 Å². The minimum atomic E-state index is -2.29. The van der Waals surface area contributed by atoms with Crippen LogP contribution in [0.2, 0.25) is 0 Å². The molecule has 2 N–H and O–H groups in total. The highest BCUT2D eigenvalue weighted by atomic mass is 16.7. The lowest BCUT2D eigenvalue weighted by Gasteiger charge is -2.52. The number of carbonyl (C=O) groups excluding carboxylic acids is 4. The number of esters is 3. The third kappa shape index (κ3) is 2.80. The molecule has 7 aliphatic rings. The average molecular weight is 559 g/mol. The fourth-order valence-corrected chi connectivity index (χ4v) is 9.27. The maximum Gasteiger partial charge on any atom is 0.339 e. The summed E-state index contributed by atoms with van der Waals surface area (Å²) in [5.74, 6) is -6.37. The summed E-state index contributed by atoms with van der Waals surface area (Å²) < 4.78 is 29.7. The third-order valence-electron chi connectivity index (χ3n) is 10.8. The minimum Gasteiger partial charge on any atom is -0.450 e. The minimum absolute atomic E-state index is 0.00257. The van der Waals surface area contributed by atoms with E-state index >= 15 is 0 Å². The number of cyclic esters (lactones) is 1. The summed E-state index contributed by atoms with van der Waals surface area (Å²) in [6, 6.07) is 0. The molecule has 6 fully saturated rings. The lowest BCUT2D eigenvalue weighted by atomic mass is 9.65. The topological polar surface area (TPSA) is 155 Å². The van der Waals surface area contributed by atoms with E-state index in [0.29, 0.717) is 5.57 Å². The van der Waals surface area contributed by atoms with Crippen molar-refractivity contribution in [2.24, 2.45) is 23.2 Å². The lowest BCUT2D eigenvalue weighted by Crippen LogP contribution is -2.73. The second-order valence-electron chi connectivity index (χ2n) is 13.6. The first-order valence-electron chi connectivity index (χ1n) is 14.0. The van der Waals surface area contributed by atoms with Gasteiger partial charge in [-0.2, -0.15) is 0 Å². The Labute approximate surface area is 230 Å². The van der Waals surface area contributed by atoms with Crippen LogP contribution in [0.3, 0.4) is 0 Å². The number of rotatable bonds is 3. The molecule has 7 rings (SSSR count). The van der Waals surface area contributed by atoms with E-state index in [2.05, 4.69) is 0 Å². The molecule has 1 aliphatic carbocycles. The van der Waals surface area contributed by atoms with Gasteiger partial charge in [0.05, 0.1) is 24.0 Å². The second-order valence-corrected chi connectivity index (χ2v) is 13.6. The van der Waals surface area contributed by atoms with Crippen molar-refractivity contribution < 1.29 is 53.1 Å². The molecule has 0 aromatic rings. The van der Waals surface area contributed by atoms with Crippen molar-refractivity contribution in [1.82, 2.24) is 0 Å². The number of aliphatic hydroxyl groups is 2. The molecule has 0 aromatic carbocycles. The fraction of sp³-hybridized carbons (Fsp3) is 0.724. The summed E-state index contributed by atoms with van der Waals surface area (Å²) in [4.78, 5) is 51.9. The normalized spacial score (nSPS) is 51.3. The van der Waals surface area contributed by atoms with Crippen LogP contribution in [0.5, 0.6) is 0 Å². The number of ether oxygens (including phenoxy) is 5. The molecular weight excluding hydrogens is 524 g/mol. The first kappa shape index (κ1) is 26.3. The van der Waals surface area contributed by atoms with Crippen molar-refractivity contribution in [3.8, 4) is 0 Å². The predicted molar refractivity (Wildman–Crippen MR) is 132 cm³/mol. The van der Waals surface area contributed by atoms with Crippen molar-refractivity contribution in [1.29, 1.82) is 0 Å². The number of hydrogen-bond acceptors (Lipinski definition) is 11. The molecule has 0 radical (unpaired) electrons. The fourth-order valence-electron chi connectivity index (χ4n) is 9.27. The van der Waals surface area contributed by atoms with E-state index in [1.54, 1.807) is 32.9 Å². The van der Waals surface area contributed by atoms with Crippen LogP contribution < -0.4 is 0 Å². The third-order valence-corrected chi connectivity index (χ3v) is 10.8. The van der Waals surface area contributed by atoms with E-state index < -0.39 is 81.5 Å². The van der Waals surface area contributed by atoms with Gasteiger partial charge < -0.3 is 33.9 Å². The lowest BCUT2D eigenvalue weighted by molar-refractivity contribution is -0.368. The van der Waals surface area contributed by atoms with Gasteiger partial charge in [0.2, 0.25) is 5.60 Å². The second kappa shape index (κ2) is 7.42. The van der Waals surface area contributed by atoms with Gasteiger partial charge in [0.25, 0.3) is 5.79 Å². The van der Waals surface area contributed by atoms with Gasteiger partial charge in [-0.25, -0.2) is 9.59 Å². The Hall–Kier alpha value is -2.60. The molecule has 0 unspecified atom stereocenters. The molecule has 216 valence electrons. The zero-order chi connectivity index (χ0) is 28.8. The summed E-state index contributed by atoms with van der Waals surface area (Å²) in [5.41, 5.74) is -7.07. The Kier molecular flexibility index (Phi) is 4.88. The molecule has 0 aromatic heterocycles. The highest BCUT2D eigenvalue weighted by Crippen LogP contribution is 2.73. The number of fused-ring (bicyclic) bond motifs is 2. The monoisotopic (exact) mass is 558 g/mol. The number of carbonyl (C=O) groups is 4. The Bertz CT molecular complexity index is 1350. The van der Waals surface area contributed by atoms with Crippen molar-refractivity contribution in [3.05, 3.63) is 23.5 Å². The van der Waals surface area contributed by atoms with Crippen LogP contribution in [0.25, 0.3) is 0 Å². The highest BCUT2D eigenvalue weighted by Gasteiger charge is 2.92. The Morgan fingerprint density at radius 2 is 1.82 bits per heavy atom. The largest absolute Gasteiger partial charge is 0.450 e. The molecule has 40 heavy (non-hydrogen) atoms. The summed E-state index contributed by atoms with van der Waals surface area (Å²) in [7, 11) is 0. The average Bonchev–Trinajstić information content (AvgIpc) is 3.51. The molecule has 11 heteroatoms. The zero-order valence-corrected chi connectivity index (χ0v) is 23.1. The van der Waals surface area contributed by atoms with Crippen molar-refractivity contribution in [2.45, 2.75) is 107 Å². The zero-order valence-electron chi connectivity index (χ0n) is 23.1. The molecule has 0 amide bonds. The van der Waals surface area contributed by atoms with E-state index in [4.69, 9.17) is 23.7 Å². The number of ketones is 1. The summed E-state index contributed by atoms with van der Waals surface area (Å²) in [6.07, 6.45) is 1.57. The van der Waals surface area contributed by atoms with E-state index in [9.17, 15) is 29.4 Å². The smallest absolute Gasteiger partial charge is 0.339 e. The molecule has 1 saturated carbocycles. The Balaban J connectivity index is 1.30. The molecule has 6 heterocycles. The Morgan fingerprint density at radius 3 is 2.50 bits per heavy atom. The molecule has 5 saturated heterocycles. The van der Waals surface area contributed by atoms with Crippen LogP contribution >= 0.6 is 0 Å². The van der Waals surface area contributed by atoms with Crippen LogP contribution in [-0.2, 0) is 42.9 Å². The van der Waals surface area contributed by atoms with Gasteiger partial charge in [-0.1, -0.05) is 13.8 Å². The number of hydrogen-bond donors (Lipinski definition) is 2. The van der Waals surface area contributed by atoms with Crippen LogP contribution in [0.1, 0.15) is 66.7 Å². The first-order valence-corrected chi connectivity index (χ1v) is 14.0. The van der Waals surface area contributed by atoms with E-state index in [1.807, 2.05) is 13.8 Å². The first-order chi connectivity index (χ1) is 18.5. The predicted octanol–water partition coefficient (Wildman–Crippen LogP) is 1.38. The van der Waals surface area contributed by atoms with Crippen LogP contribution in [0, 0.1) is 23.2 Å². The van der Waals surface area contributed by atoms with Crippen molar-refractivity contribution in [3.63, 3.8) is 0 Å². The van der Waals surface area contributed by atoms with Gasteiger partial charge >= 0.3 is 17.9 Å². The van der Waals surface area contributed by atoms with Gasteiger partial charge in [0.15, 0.2) is 11.2 Å². The van der Waals surface area contributed by atoms with E-state index in [-0.39, 0.29) is 43.6 Å². The van der Waals surface area contributed by atoms with Crippen molar-refractivity contribution in [2.75, 3.05) is 0 Å². The molecule has 6 aliphatic heterocycles. The number of allylic oxidation sites excluding steroid dienone is 2. The quantitative estimate of drug-likeness (QED) is 0.381. The van der Waals surface area contributed by atoms with Gasteiger partial charge in [-0.15, -0.1) is 0 Å². The SMILES string of the molecule is CC1=CC(=C[C@H](C)C(=O)[C@@]2(C)CC[C@@]34OC(=O)[C@@](O)(C2)[C@@H]3[C@@H]2C[C@H]3C(C)(C)O[C@@H]5CC(=O)O[C@@]53[C@@]4(O)O2)OC1=O. The van der Waals surface area contributed by atoms with Gasteiger partial charge in [-0.3, -0.25) is 9.59 Å². The Morgan fingerprint density at radius 1 is 1.10 bits per heavy atom. The van der Waals surface area contributed by atoms with Gasteiger partial charge in [-0.05, 0) is 58.6 Å². The maximum atomic E-state index is 13.9. The van der Waals surface area contributed by atoms with Crippen LogP contribution in [0.4, 0.5) is 0 Å². The molecular formula is C29H34O11. The van der Waals surface area contributed by atoms with Crippen molar-refractivity contribution >= 4 is 23.7 Å². The van der Waals surface area contributed by atoms with Gasteiger partial charge in [0, 0.05) is 22.8 Å². The highest BCUT2D eigenvalue weighted by molar-refractivity contribution is 5.93. The van der Waals surface area contributed by atoms with Crippen LogP contribution in [0.15, 0.2) is 23.5 Å².